The van der Waals surface area contributed by atoms with Gasteiger partial charge in [-0.15, -0.1) is 0 Å². The quantitative estimate of drug-likeness (QED) is 0.182. The first-order chi connectivity index (χ1) is 21.6. The molecule has 0 aliphatic heterocycles. The summed E-state index contributed by atoms with van der Waals surface area (Å²) in [5, 5.41) is 3.52. The fourth-order valence-corrected chi connectivity index (χ4v) is 6.33. The molecule has 45 heavy (non-hydrogen) atoms. The van der Waals surface area contributed by atoms with Gasteiger partial charge in [0.25, 0.3) is 10.0 Å². The van der Waals surface area contributed by atoms with E-state index in [0.717, 1.165) is 15.4 Å². The van der Waals surface area contributed by atoms with E-state index in [0.29, 0.717) is 17.3 Å². The predicted octanol–water partition coefficient (Wildman–Crippen LogP) is 5.96. The Morgan fingerprint density at radius 1 is 0.844 bits per heavy atom. The average Bonchev–Trinajstić information content (AvgIpc) is 3.05. The van der Waals surface area contributed by atoms with Gasteiger partial charge in [0.15, 0.2) is 0 Å². The Hall–Kier alpha value is -4.34. The summed E-state index contributed by atoms with van der Waals surface area (Å²) in [5.41, 5.74) is 1.85. The fourth-order valence-electron chi connectivity index (χ4n) is 4.78. The second-order valence-electron chi connectivity index (χ2n) is 11.0. The number of carbonyl (C=O) groups is 2. The molecule has 236 valence electrons. The summed E-state index contributed by atoms with van der Waals surface area (Å²) in [5.74, 6) is -0.255. The van der Waals surface area contributed by atoms with Crippen LogP contribution in [0.2, 0.25) is 5.02 Å². The van der Waals surface area contributed by atoms with Gasteiger partial charge >= 0.3 is 0 Å². The Kier molecular flexibility index (Phi) is 11.6. The molecule has 1 unspecified atom stereocenters. The first-order valence-corrected chi connectivity index (χ1v) is 16.5. The molecule has 8 nitrogen and oxygen atoms in total. The van der Waals surface area contributed by atoms with Crippen molar-refractivity contribution in [1.29, 1.82) is 0 Å². The van der Waals surface area contributed by atoms with Gasteiger partial charge in [0, 0.05) is 30.6 Å². The van der Waals surface area contributed by atoms with Crippen LogP contribution in [0, 0.1) is 5.92 Å². The topological polar surface area (TPSA) is 96.0 Å². The first-order valence-electron chi connectivity index (χ1n) is 14.7. The van der Waals surface area contributed by atoms with Crippen LogP contribution >= 0.6 is 11.6 Å². The second-order valence-corrected chi connectivity index (χ2v) is 13.3. The number of carbonyl (C=O) groups excluding carboxylic acids is 2. The zero-order valence-corrected chi connectivity index (χ0v) is 27.2. The molecule has 0 saturated carbocycles. The average molecular weight is 648 g/mol. The highest BCUT2D eigenvalue weighted by atomic mass is 35.5. The van der Waals surface area contributed by atoms with Gasteiger partial charge < -0.3 is 15.0 Å². The van der Waals surface area contributed by atoms with Crippen molar-refractivity contribution in [2.24, 2.45) is 5.92 Å². The number of benzene rings is 4. The molecule has 0 radical (unpaired) electrons. The van der Waals surface area contributed by atoms with E-state index in [-0.39, 0.29) is 35.4 Å². The van der Waals surface area contributed by atoms with Gasteiger partial charge in [0.1, 0.15) is 18.3 Å². The number of methoxy groups -OCH3 is 1. The van der Waals surface area contributed by atoms with E-state index in [1.807, 2.05) is 44.2 Å². The summed E-state index contributed by atoms with van der Waals surface area (Å²) < 4.78 is 34.6. The minimum Gasteiger partial charge on any atom is -0.497 e. The maximum Gasteiger partial charge on any atom is 0.264 e. The van der Waals surface area contributed by atoms with Gasteiger partial charge in [-0.2, -0.15) is 0 Å². The highest BCUT2D eigenvalue weighted by Gasteiger charge is 2.34. The van der Waals surface area contributed by atoms with Crippen LogP contribution in [-0.4, -0.2) is 51.4 Å². The van der Waals surface area contributed by atoms with Gasteiger partial charge in [0.05, 0.1) is 17.7 Å². The highest BCUT2D eigenvalue weighted by molar-refractivity contribution is 7.92. The van der Waals surface area contributed by atoms with E-state index in [1.54, 1.807) is 66.7 Å². The minimum absolute atomic E-state index is 0.0281. The summed E-state index contributed by atoms with van der Waals surface area (Å²) >= 11 is 6.14. The van der Waals surface area contributed by atoms with Crippen molar-refractivity contribution in [3.05, 3.63) is 125 Å². The Morgan fingerprint density at radius 2 is 1.49 bits per heavy atom. The SMILES string of the molecule is COc1cccc(N(CC(=O)N(Cc2ccc(Cl)cc2)C(Cc2ccccc2)C(=O)NCC(C)C)S(=O)(=O)c2ccccc2)c1. The van der Waals surface area contributed by atoms with Crippen molar-refractivity contribution in [2.45, 2.75) is 37.8 Å². The monoisotopic (exact) mass is 647 g/mol. The molecule has 1 N–H and O–H groups in total. The van der Waals surface area contributed by atoms with Gasteiger partial charge in [-0.3, -0.25) is 13.9 Å². The second kappa shape index (κ2) is 15.6. The van der Waals surface area contributed by atoms with E-state index < -0.39 is 28.5 Å². The molecule has 0 heterocycles. The molecular weight excluding hydrogens is 610 g/mol. The lowest BCUT2D eigenvalue weighted by Crippen LogP contribution is -2.53. The van der Waals surface area contributed by atoms with Crippen LogP contribution < -0.4 is 14.4 Å². The smallest absolute Gasteiger partial charge is 0.264 e. The summed E-state index contributed by atoms with van der Waals surface area (Å²) in [7, 11) is -2.72. The number of nitrogens with zero attached hydrogens (tertiary/aromatic N) is 2. The zero-order valence-electron chi connectivity index (χ0n) is 25.6. The Bertz CT molecular complexity index is 1670. The van der Waals surface area contributed by atoms with Gasteiger partial charge in [-0.05, 0) is 53.4 Å². The number of hydrogen-bond donors (Lipinski definition) is 1. The Morgan fingerprint density at radius 3 is 2.11 bits per heavy atom. The molecule has 0 aromatic heterocycles. The summed E-state index contributed by atoms with van der Waals surface area (Å²) in [6.45, 7) is 3.90. The molecule has 10 heteroatoms. The molecule has 1 atom stereocenters. The van der Waals surface area contributed by atoms with Crippen molar-refractivity contribution in [3.63, 3.8) is 0 Å². The first kappa shape index (κ1) is 33.6. The van der Waals surface area contributed by atoms with Crippen molar-refractivity contribution >= 4 is 39.1 Å². The number of amides is 2. The third kappa shape index (κ3) is 9.09. The summed E-state index contributed by atoms with van der Waals surface area (Å²) in [4.78, 5) is 29.8. The third-order valence-corrected chi connectivity index (χ3v) is 9.21. The van der Waals surface area contributed by atoms with Crippen molar-refractivity contribution in [3.8, 4) is 5.75 Å². The molecular formula is C35H38ClN3O5S. The van der Waals surface area contributed by atoms with E-state index >= 15 is 0 Å². The normalized spacial score (nSPS) is 11.9. The van der Waals surface area contributed by atoms with Crippen LogP contribution in [0.4, 0.5) is 5.69 Å². The van der Waals surface area contributed by atoms with Crippen molar-refractivity contribution < 1.29 is 22.7 Å². The fraction of sp³-hybridized carbons (Fsp3) is 0.257. The van der Waals surface area contributed by atoms with Crippen LogP contribution in [0.15, 0.2) is 114 Å². The lowest BCUT2D eigenvalue weighted by Gasteiger charge is -2.34. The number of rotatable bonds is 14. The summed E-state index contributed by atoms with van der Waals surface area (Å²) in [6, 6.07) is 30.0. The molecule has 0 fully saturated rings. The predicted molar refractivity (Wildman–Crippen MR) is 178 cm³/mol. The molecule has 2 amide bonds. The molecule has 4 rings (SSSR count). The largest absolute Gasteiger partial charge is 0.497 e. The zero-order chi connectivity index (χ0) is 32.4. The van der Waals surface area contributed by atoms with Gasteiger partial charge in [0.2, 0.25) is 11.8 Å². The number of hydrogen-bond acceptors (Lipinski definition) is 5. The van der Waals surface area contributed by atoms with Crippen molar-refractivity contribution in [2.75, 3.05) is 24.5 Å². The maximum atomic E-state index is 14.5. The van der Waals surface area contributed by atoms with Gasteiger partial charge in [-0.1, -0.05) is 92.2 Å². The van der Waals surface area contributed by atoms with Crippen LogP contribution in [0.1, 0.15) is 25.0 Å². The molecule has 4 aromatic rings. The van der Waals surface area contributed by atoms with Crippen LogP contribution in [0.3, 0.4) is 0 Å². The molecule has 0 spiro atoms. The highest BCUT2D eigenvalue weighted by Crippen LogP contribution is 2.28. The van der Waals surface area contributed by atoms with Crippen LogP contribution in [-0.2, 0) is 32.6 Å². The van der Waals surface area contributed by atoms with E-state index in [4.69, 9.17) is 16.3 Å². The van der Waals surface area contributed by atoms with Crippen LogP contribution in [0.5, 0.6) is 5.75 Å². The summed E-state index contributed by atoms with van der Waals surface area (Å²) in [6.07, 6.45) is 0.231. The van der Waals surface area contributed by atoms with E-state index in [2.05, 4.69) is 5.32 Å². The van der Waals surface area contributed by atoms with Crippen molar-refractivity contribution in [1.82, 2.24) is 10.2 Å². The third-order valence-electron chi connectivity index (χ3n) is 7.17. The molecule has 0 saturated heterocycles. The van der Waals surface area contributed by atoms with E-state index in [9.17, 15) is 18.0 Å². The number of halogens is 1. The number of anilines is 1. The lowest BCUT2D eigenvalue weighted by molar-refractivity contribution is -0.140. The van der Waals surface area contributed by atoms with Gasteiger partial charge in [-0.25, -0.2) is 8.42 Å². The van der Waals surface area contributed by atoms with E-state index in [1.165, 1.54) is 24.1 Å². The molecule has 0 aliphatic carbocycles. The maximum absolute atomic E-state index is 14.5. The number of ether oxygens (including phenoxy) is 1. The lowest BCUT2D eigenvalue weighted by atomic mass is 10.0. The number of sulfonamides is 1. The number of nitrogens with one attached hydrogen (secondary N) is 1. The standard InChI is InChI=1S/C35H38ClN3O5S/c1-26(2)23-37-35(41)33(21-27-11-6-4-7-12-27)38(24-28-17-19-29(36)20-18-28)34(40)25-39(30-13-10-14-31(22-30)44-3)45(42,43)32-15-8-5-9-16-32/h4-20,22,26,33H,21,23-25H2,1-3H3,(H,37,41). The Balaban J connectivity index is 1.80. The molecule has 4 aromatic carbocycles. The van der Waals surface area contributed by atoms with Crippen LogP contribution in [0.25, 0.3) is 0 Å². The minimum atomic E-state index is -4.20. The molecule has 0 bridgehead atoms. The molecule has 0 aliphatic rings. The Labute approximate surface area is 270 Å².